The van der Waals surface area contributed by atoms with Gasteiger partial charge in [-0.3, -0.25) is 0 Å². The summed E-state index contributed by atoms with van der Waals surface area (Å²) in [6, 6.07) is 0. The molecule has 0 aliphatic carbocycles. The Morgan fingerprint density at radius 1 is 1.25 bits per heavy atom. The summed E-state index contributed by atoms with van der Waals surface area (Å²) in [6.07, 6.45) is 1.08. The molecule has 1 aliphatic heterocycles. The Morgan fingerprint density at radius 2 is 1.75 bits per heavy atom. The Morgan fingerprint density at radius 3 is 2.00 bits per heavy atom. The van der Waals surface area contributed by atoms with Crippen LogP contribution in [-0.4, -0.2) is 19.3 Å². The fourth-order valence-electron chi connectivity index (χ4n) is 0.676. The zero-order valence-electron chi connectivity index (χ0n) is 5.22. The van der Waals surface area contributed by atoms with Crippen molar-refractivity contribution >= 4 is 0 Å². The third-order valence-corrected chi connectivity index (χ3v) is 1.17. The maximum absolute atomic E-state index is 10.5. The van der Waals surface area contributed by atoms with E-state index >= 15 is 0 Å². The zero-order valence-corrected chi connectivity index (χ0v) is 7.22. The minimum atomic E-state index is -0.339. The van der Waals surface area contributed by atoms with Crippen LogP contribution in [0.3, 0.4) is 0 Å². The monoisotopic (exact) mass is 124 g/mol. The van der Waals surface area contributed by atoms with E-state index < -0.39 is 0 Å². The van der Waals surface area contributed by atoms with E-state index in [2.05, 4.69) is 0 Å². The van der Waals surface area contributed by atoms with E-state index in [0.29, 0.717) is 26.1 Å². The largest absolute Gasteiger partial charge is 1.00 e. The molecule has 2 nitrogen and oxygen atoms in total. The van der Waals surface area contributed by atoms with Crippen molar-refractivity contribution in [1.29, 1.82) is 0 Å². The van der Waals surface area contributed by atoms with Gasteiger partial charge in [0, 0.05) is 13.2 Å². The summed E-state index contributed by atoms with van der Waals surface area (Å²) in [5.74, 6) is 0. The van der Waals surface area contributed by atoms with E-state index in [1.807, 2.05) is 0 Å². The first-order valence-electron chi connectivity index (χ1n) is 2.63. The summed E-state index contributed by atoms with van der Waals surface area (Å²) in [6.45, 7) is 1.35. The van der Waals surface area contributed by atoms with Crippen molar-refractivity contribution in [2.45, 2.75) is 18.9 Å². The van der Waals surface area contributed by atoms with Crippen LogP contribution in [-0.2, 0) is 4.74 Å². The predicted molar refractivity (Wildman–Crippen MR) is 23.8 cm³/mol. The van der Waals surface area contributed by atoms with E-state index in [-0.39, 0.29) is 35.7 Å². The molecule has 1 heterocycles. The number of hydrogen-bond donors (Lipinski definition) is 0. The standard InChI is InChI=1S/C5H9O2.Na/c6-5-1-3-7-4-2-5;/h5H,1-4H2;/q-1;+1. The molecule has 3 heteroatoms. The minimum absolute atomic E-state index is 0. The van der Waals surface area contributed by atoms with Crippen LogP contribution in [0.1, 0.15) is 12.8 Å². The second-order valence-corrected chi connectivity index (χ2v) is 1.81. The molecule has 1 fully saturated rings. The molecule has 0 spiro atoms. The van der Waals surface area contributed by atoms with E-state index in [1.165, 1.54) is 0 Å². The SMILES string of the molecule is [Na+].[O-]C1CCOCC1. The third-order valence-electron chi connectivity index (χ3n) is 1.17. The van der Waals surface area contributed by atoms with E-state index in [4.69, 9.17) is 4.74 Å². The van der Waals surface area contributed by atoms with Gasteiger partial charge in [0.05, 0.1) is 0 Å². The molecule has 0 saturated carbocycles. The Labute approximate surface area is 71.5 Å². The Kier molecular flexibility index (Phi) is 5.31. The van der Waals surface area contributed by atoms with Crippen molar-refractivity contribution < 1.29 is 39.4 Å². The fraction of sp³-hybridized carbons (Fsp3) is 1.00. The molecule has 1 rings (SSSR count). The van der Waals surface area contributed by atoms with Gasteiger partial charge >= 0.3 is 29.6 Å². The summed E-state index contributed by atoms with van der Waals surface area (Å²) in [5.41, 5.74) is 0. The Hall–Kier alpha value is 0.920. The maximum Gasteiger partial charge on any atom is 1.00 e. The normalized spacial score (nSPS) is 22.1. The summed E-state index contributed by atoms with van der Waals surface area (Å²) in [7, 11) is 0. The van der Waals surface area contributed by atoms with Gasteiger partial charge in [0.1, 0.15) is 0 Å². The van der Waals surface area contributed by atoms with Crippen LogP contribution in [0.2, 0.25) is 0 Å². The smallest absolute Gasteiger partial charge is 0.852 e. The second kappa shape index (κ2) is 4.77. The van der Waals surface area contributed by atoms with Crippen LogP contribution in [0.25, 0.3) is 0 Å². The average Bonchev–Trinajstić information content (AvgIpc) is 1.69. The van der Waals surface area contributed by atoms with Gasteiger partial charge in [-0.2, -0.15) is 0 Å². The van der Waals surface area contributed by atoms with Gasteiger partial charge in [0.2, 0.25) is 0 Å². The molecule has 0 aromatic heterocycles. The van der Waals surface area contributed by atoms with Crippen molar-refractivity contribution in [3.8, 4) is 0 Å². The summed E-state index contributed by atoms with van der Waals surface area (Å²) < 4.78 is 4.94. The first-order valence-corrected chi connectivity index (χ1v) is 2.63. The molecule has 8 heavy (non-hydrogen) atoms. The molecule has 0 amide bonds. The molecule has 0 unspecified atom stereocenters. The van der Waals surface area contributed by atoms with Gasteiger partial charge in [-0.05, 0) is 12.8 Å². The summed E-state index contributed by atoms with van der Waals surface area (Å²) in [4.78, 5) is 0. The Bertz CT molecular complexity index is 52.4. The van der Waals surface area contributed by atoms with E-state index in [1.54, 1.807) is 0 Å². The minimum Gasteiger partial charge on any atom is -0.852 e. The molecule has 0 aromatic rings. The van der Waals surface area contributed by atoms with Crippen molar-refractivity contribution in [3.63, 3.8) is 0 Å². The van der Waals surface area contributed by atoms with Crippen LogP contribution in [0, 0.1) is 0 Å². The third kappa shape index (κ3) is 3.05. The molecule has 0 aromatic carbocycles. The zero-order chi connectivity index (χ0) is 5.11. The molecule has 0 N–H and O–H groups in total. The first-order chi connectivity index (χ1) is 3.39. The van der Waals surface area contributed by atoms with Crippen molar-refractivity contribution in [3.05, 3.63) is 0 Å². The quantitative estimate of drug-likeness (QED) is 0.314. The van der Waals surface area contributed by atoms with E-state index in [0.717, 1.165) is 0 Å². The van der Waals surface area contributed by atoms with Crippen molar-refractivity contribution in [2.24, 2.45) is 0 Å². The number of ether oxygens (including phenoxy) is 1. The van der Waals surface area contributed by atoms with Crippen molar-refractivity contribution in [1.82, 2.24) is 0 Å². The summed E-state index contributed by atoms with van der Waals surface area (Å²) in [5, 5.41) is 10.5. The van der Waals surface area contributed by atoms with Crippen LogP contribution < -0.4 is 34.7 Å². The number of hydrogen-bond acceptors (Lipinski definition) is 2. The van der Waals surface area contributed by atoms with Gasteiger partial charge in [-0.1, -0.05) is 0 Å². The topological polar surface area (TPSA) is 32.3 Å². The molecule has 1 aliphatic rings. The fourth-order valence-corrected chi connectivity index (χ4v) is 0.676. The van der Waals surface area contributed by atoms with Gasteiger partial charge in [0.25, 0.3) is 0 Å². The molecule has 0 atom stereocenters. The molecular formula is C5H9NaO2. The summed E-state index contributed by atoms with van der Waals surface area (Å²) >= 11 is 0. The van der Waals surface area contributed by atoms with E-state index in [9.17, 15) is 5.11 Å². The van der Waals surface area contributed by atoms with Gasteiger partial charge < -0.3 is 9.84 Å². The molecule has 42 valence electrons. The molecule has 0 radical (unpaired) electrons. The molecular weight excluding hydrogens is 115 g/mol. The van der Waals surface area contributed by atoms with Crippen LogP contribution in [0.5, 0.6) is 0 Å². The average molecular weight is 124 g/mol. The second-order valence-electron chi connectivity index (χ2n) is 1.81. The Balaban J connectivity index is 0.000000490. The van der Waals surface area contributed by atoms with Gasteiger partial charge in [-0.25, -0.2) is 0 Å². The molecule has 1 saturated heterocycles. The number of rotatable bonds is 0. The molecule has 0 bridgehead atoms. The van der Waals surface area contributed by atoms with Crippen LogP contribution in [0.4, 0.5) is 0 Å². The van der Waals surface area contributed by atoms with Crippen LogP contribution >= 0.6 is 0 Å². The van der Waals surface area contributed by atoms with Crippen molar-refractivity contribution in [2.75, 3.05) is 13.2 Å². The maximum atomic E-state index is 10.5. The van der Waals surface area contributed by atoms with Gasteiger partial charge in [0.15, 0.2) is 0 Å². The van der Waals surface area contributed by atoms with Crippen LogP contribution in [0.15, 0.2) is 0 Å². The first kappa shape index (κ1) is 8.92. The predicted octanol–water partition coefficient (Wildman–Crippen LogP) is -3.47. The van der Waals surface area contributed by atoms with Gasteiger partial charge in [-0.15, -0.1) is 6.10 Å².